The molecule has 0 bridgehead atoms. The van der Waals surface area contributed by atoms with Crippen LogP contribution in [0.25, 0.3) is 0 Å². The van der Waals surface area contributed by atoms with Crippen molar-refractivity contribution < 1.29 is 23.9 Å². The van der Waals surface area contributed by atoms with Gasteiger partial charge in [-0.2, -0.15) is 5.10 Å². The van der Waals surface area contributed by atoms with Crippen molar-refractivity contribution in [2.45, 2.75) is 56.7 Å². The first-order valence-corrected chi connectivity index (χ1v) is 14.4. The molecule has 3 aromatic heterocycles. The third-order valence-corrected chi connectivity index (χ3v) is 8.99. The van der Waals surface area contributed by atoms with Gasteiger partial charge in [0.05, 0.1) is 22.7 Å². The third kappa shape index (κ3) is 5.46. The maximum Gasteiger partial charge on any atom is 0.274 e. The van der Waals surface area contributed by atoms with E-state index in [1.54, 1.807) is 48.7 Å². The number of fused-ring (bicyclic) bond motifs is 1. The van der Waals surface area contributed by atoms with Crippen LogP contribution in [0.5, 0.6) is 0 Å². The average Bonchev–Trinajstić information content (AvgIpc) is 3.75. The Morgan fingerprint density at radius 1 is 1.23 bits per heavy atom. The van der Waals surface area contributed by atoms with Gasteiger partial charge in [-0.3, -0.25) is 9.48 Å². The monoisotopic (exact) mass is 606 g/mol. The number of nitrogens with one attached hydrogen (secondary N) is 1. The third-order valence-electron chi connectivity index (χ3n) is 8.70. The number of carbonyl (C=O) groups excluding carboxylic acids is 1. The summed E-state index contributed by atoms with van der Waals surface area (Å²) in [5.41, 5.74) is 0.418. The highest BCUT2D eigenvalue weighted by molar-refractivity contribution is 6.31. The van der Waals surface area contributed by atoms with Crippen molar-refractivity contribution in [3.8, 4) is 11.8 Å². The van der Waals surface area contributed by atoms with Gasteiger partial charge < -0.3 is 24.6 Å². The highest BCUT2D eigenvalue weighted by Gasteiger charge is 2.51. The molecule has 3 N–H and O–H groups in total. The second-order valence-corrected chi connectivity index (χ2v) is 12.4. The molecule has 2 aliphatic carbocycles. The number of carbonyl (C=O) groups is 1. The number of aliphatic hydroxyl groups is 2. The molecule has 1 amide bonds. The minimum atomic E-state index is -1.51. The van der Waals surface area contributed by atoms with Crippen LogP contribution in [-0.2, 0) is 25.3 Å². The highest BCUT2D eigenvalue weighted by Crippen LogP contribution is 2.56. The number of halogens is 2. The molecule has 2 aliphatic rings. The molecule has 3 atom stereocenters. The van der Waals surface area contributed by atoms with Gasteiger partial charge in [-0.1, -0.05) is 22.7 Å². The first kappa shape index (κ1) is 29.1. The lowest BCUT2D eigenvalue weighted by Crippen LogP contribution is -2.26. The van der Waals surface area contributed by atoms with Gasteiger partial charge in [-0.15, -0.1) is 0 Å². The Labute approximate surface area is 252 Å². The molecule has 1 aromatic carbocycles. The maximum atomic E-state index is 13.6. The molecule has 43 heavy (non-hydrogen) atoms. The van der Waals surface area contributed by atoms with Gasteiger partial charge in [0.25, 0.3) is 5.91 Å². The predicted molar refractivity (Wildman–Crippen MR) is 156 cm³/mol. The van der Waals surface area contributed by atoms with Crippen molar-refractivity contribution in [3.05, 3.63) is 81.7 Å². The predicted octanol–water partition coefficient (Wildman–Crippen LogP) is 4.55. The summed E-state index contributed by atoms with van der Waals surface area (Å²) in [5.74, 6) is 5.95. The topological polar surface area (TPSA) is 131 Å². The molecule has 6 rings (SSSR count). The Bertz CT molecular complexity index is 1770. The molecule has 12 heteroatoms. The SMILES string of the molecule is Cc1cc(C(C)(O)C#Cc2cc(C3(O)CC4CC(c5ncn(C)c5C(=O)Nc5ccc(F)c(Cl)c5)CC4C3)n(C)n2)no1. The fourth-order valence-corrected chi connectivity index (χ4v) is 6.87. The number of rotatable bonds is 5. The van der Waals surface area contributed by atoms with Crippen molar-refractivity contribution in [1.29, 1.82) is 0 Å². The number of hydrogen-bond acceptors (Lipinski definition) is 7. The van der Waals surface area contributed by atoms with Crippen LogP contribution in [0, 0.1) is 36.4 Å². The molecule has 4 aromatic rings. The average molecular weight is 607 g/mol. The minimum absolute atomic E-state index is 0.0636. The Morgan fingerprint density at radius 3 is 2.60 bits per heavy atom. The summed E-state index contributed by atoms with van der Waals surface area (Å²) in [5, 5.41) is 33.6. The quantitative estimate of drug-likeness (QED) is 0.284. The summed E-state index contributed by atoms with van der Waals surface area (Å²) in [6, 6.07) is 7.46. The number of anilines is 1. The van der Waals surface area contributed by atoms with Gasteiger partial charge in [0.2, 0.25) is 0 Å². The van der Waals surface area contributed by atoms with Crippen LogP contribution in [0.15, 0.2) is 41.2 Å². The van der Waals surface area contributed by atoms with Crippen LogP contribution in [0.2, 0.25) is 5.02 Å². The number of hydrogen-bond donors (Lipinski definition) is 3. The van der Waals surface area contributed by atoms with E-state index in [1.807, 2.05) is 0 Å². The zero-order valence-corrected chi connectivity index (χ0v) is 25.0. The van der Waals surface area contributed by atoms with E-state index in [0.29, 0.717) is 47.1 Å². The molecule has 2 fully saturated rings. The van der Waals surface area contributed by atoms with Crippen LogP contribution < -0.4 is 5.32 Å². The van der Waals surface area contributed by atoms with E-state index in [2.05, 4.69) is 32.4 Å². The molecule has 224 valence electrons. The van der Waals surface area contributed by atoms with Crippen molar-refractivity contribution >= 4 is 23.2 Å². The smallest absolute Gasteiger partial charge is 0.274 e. The van der Waals surface area contributed by atoms with Gasteiger partial charge in [0, 0.05) is 31.8 Å². The van der Waals surface area contributed by atoms with Crippen molar-refractivity contribution in [3.63, 3.8) is 0 Å². The number of imidazole rings is 1. The largest absolute Gasteiger partial charge is 0.384 e. The minimum Gasteiger partial charge on any atom is -0.384 e. The van der Waals surface area contributed by atoms with E-state index in [9.17, 15) is 19.4 Å². The Kier molecular flexibility index (Phi) is 7.19. The second kappa shape index (κ2) is 10.6. The molecule has 0 radical (unpaired) electrons. The summed E-state index contributed by atoms with van der Waals surface area (Å²) in [7, 11) is 3.55. The van der Waals surface area contributed by atoms with Crippen LogP contribution in [-0.4, -0.2) is 40.6 Å². The first-order chi connectivity index (χ1) is 20.3. The Morgan fingerprint density at radius 2 is 1.95 bits per heavy atom. The standard InChI is InChI=1S/C31H32ClFN6O4/c1-17-9-25(37-43-17)30(2,41)8-7-22-13-26(39(4)36-22)31(42)14-19-10-18(11-20(19)15-31)27-28(38(3)16-34-27)29(40)35-21-5-6-24(33)23(32)12-21/h5-6,9,12-13,16,18-20,41-42H,10-11,14-15H2,1-4H3,(H,35,40). The zero-order valence-electron chi connectivity index (χ0n) is 24.2. The number of aromatic nitrogens is 5. The summed E-state index contributed by atoms with van der Waals surface area (Å²) in [6.07, 6.45) is 4.32. The van der Waals surface area contributed by atoms with Gasteiger partial charge >= 0.3 is 0 Å². The normalized spacial score (nSPS) is 24.3. The molecule has 0 spiro atoms. The fourth-order valence-electron chi connectivity index (χ4n) is 6.69. The molecule has 0 saturated heterocycles. The van der Waals surface area contributed by atoms with E-state index < -0.39 is 17.0 Å². The second-order valence-electron chi connectivity index (χ2n) is 12.0. The summed E-state index contributed by atoms with van der Waals surface area (Å²) < 4.78 is 22.0. The van der Waals surface area contributed by atoms with Crippen molar-refractivity contribution in [2.75, 3.05) is 5.32 Å². The van der Waals surface area contributed by atoms with Crippen molar-refractivity contribution in [1.82, 2.24) is 24.5 Å². The lowest BCUT2D eigenvalue weighted by Gasteiger charge is -2.25. The first-order valence-electron chi connectivity index (χ1n) is 14.1. The molecule has 10 nitrogen and oxygen atoms in total. The van der Waals surface area contributed by atoms with Gasteiger partial charge in [-0.05, 0) is 81.6 Å². The van der Waals surface area contributed by atoms with E-state index in [4.69, 9.17) is 16.1 Å². The fraction of sp³-hybridized carbons (Fsp3) is 0.419. The number of nitrogens with zero attached hydrogens (tertiary/aromatic N) is 5. The van der Waals surface area contributed by atoms with Gasteiger partial charge in [-0.25, -0.2) is 9.37 Å². The molecular weight excluding hydrogens is 575 g/mol. The Balaban J connectivity index is 1.15. The van der Waals surface area contributed by atoms with Crippen LogP contribution in [0.4, 0.5) is 10.1 Å². The summed E-state index contributed by atoms with van der Waals surface area (Å²) in [4.78, 5) is 17.8. The Hall–Kier alpha value is -3.98. The van der Waals surface area contributed by atoms with Crippen LogP contribution >= 0.6 is 11.6 Å². The highest BCUT2D eigenvalue weighted by atomic mass is 35.5. The van der Waals surface area contributed by atoms with Crippen molar-refractivity contribution in [2.24, 2.45) is 25.9 Å². The zero-order chi connectivity index (χ0) is 30.7. The molecule has 0 aliphatic heterocycles. The lowest BCUT2D eigenvalue weighted by atomic mass is 9.90. The lowest BCUT2D eigenvalue weighted by molar-refractivity contribution is 0.0263. The van der Waals surface area contributed by atoms with Gasteiger partial charge in [0.1, 0.15) is 34.3 Å². The molecule has 2 saturated carbocycles. The number of benzene rings is 1. The number of amides is 1. The number of aryl methyl sites for hydroxylation is 3. The summed E-state index contributed by atoms with van der Waals surface area (Å²) >= 11 is 5.89. The van der Waals surface area contributed by atoms with Crippen LogP contribution in [0.1, 0.15) is 77.5 Å². The maximum absolute atomic E-state index is 13.6. The van der Waals surface area contributed by atoms with E-state index in [1.165, 1.54) is 25.1 Å². The van der Waals surface area contributed by atoms with Crippen LogP contribution in [0.3, 0.4) is 0 Å². The van der Waals surface area contributed by atoms with E-state index >= 15 is 0 Å². The van der Waals surface area contributed by atoms with Gasteiger partial charge in [0.15, 0.2) is 5.60 Å². The van der Waals surface area contributed by atoms with E-state index in [0.717, 1.165) is 18.5 Å². The molecule has 3 unspecified atom stereocenters. The summed E-state index contributed by atoms with van der Waals surface area (Å²) in [6.45, 7) is 3.28. The molecule has 3 heterocycles. The van der Waals surface area contributed by atoms with E-state index in [-0.39, 0.29) is 28.7 Å². The molecular formula is C31H32ClFN6O4.